The monoisotopic (exact) mass is 426 g/mol. The second-order valence-electron chi connectivity index (χ2n) is 6.85. The fourth-order valence-electron chi connectivity index (χ4n) is 3.51. The Labute approximate surface area is 180 Å². The number of likely N-dealkylation sites (tertiary alicyclic amines) is 1. The summed E-state index contributed by atoms with van der Waals surface area (Å²) >= 11 is 6.36. The zero-order valence-electron chi connectivity index (χ0n) is 16.5. The van der Waals surface area contributed by atoms with Gasteiger partial charge in [0, 0.05) is 41.3 Å². The number of nitrogens with zero attached hydrogens (tertiary/aromatic N) is 2. The van der Waals surface area contributed by atoms with Crippen LogP contribution in [0.4, 0.5) is 0 Å². The van der Waals surface area contributed by atoms with Crippen molar-refractivity contribution in [2.75, 3.05) is 19.7 Å². The van der Waals surface area contributed by atoms with E-state index in [1.165, 1.54) is 6.42 Å². The molecule has 0 atom stereocenters. The standard InChI is InChI=1S/C22H21ClN2O2.CH2O2/c23-20-7-3-2-6-18(20)17-10-11-24-21-14-16(8-9-19(17)21)27-15-22(26)25-12-4-1-5-13-25;2-1-3/h2-3,6-11,14H,1,4-5,12-13,15H2;1H,(H,2,3). The molecule has 1 saturated heterocycles. The summed E-state index contributed by atoms with van der Waals surface area (Å²) in [6.45, 7) is 1.49. The molecule has 1 aliphatic rings. The Morgan fingerprint density at radius 1 is 1.10 bits per heavy atom. The van der Waals surface area contributed by atoms with E-state index in [4.69, 9.17) is 26.2 Å². The van der Waals surface area contributed by atoms with Gasteiger partial charge < -0.3 is 14.7 Å². The molecule has 2 heterocycles. The number of pyridine rings is 1. The molecule has 0 radical (unpaired) electrons. The van der Waals surface area contributed by atoms with Gasteiger partial charge in [0.2, 0.25) is 0 Å². The molecular weight excluding hydrogens is 404 g/mol. The highest BCUT2D eigenvalue weighted by Gasteiger charge is 2.17. The molecule has 0 saturated carbocycles. The number of ether oxygens (including phenoxy) is 1. The summed E-state index contributed by atoms with van der Waals surface area (Å²) in [6, 6.07) is 15.5. The maximum atomic E-state index is 12.3. The molecule has 156 valence electrons. The molecule has 1 N–H and O–H groups in total. The lowest BCUT2D eigenvalue weighted by atomic mass is 10.0. The number of carbonyl (C=O) groups excluding carboxylic acids is 1. The average Bonchev–Trinajstić information content (AvgIpc) is 2.78. The van der Waals surface area contributed by atoms with Crippen molar-refractivity contribution in [1.82, 2.24) is 9.88 Å². The quantitative estimate of drug-likeness (QED) is 0.614. The van der Waals surface area contributed by atoms with Gasteiger partial charge in [0.25, 0.3) is 12.4 Å². The zero-order valence-corrected chi connectivity index (χ0v) is 17.2. The minimum Gasteiger partial charge on any atom is -0.484 e. The van der Waals surface area contributed by atoms with Gasteiger partial charge in [0.1, 0.15) is 5.75 Å². The minimum atomic E-state index is -0.250. The summed E-state index contributed by atoms with van der Waals surface area (Å²) in [6.07, 6.45) is 5.13. The van der Waals surface area contributed by atoms with Crippen molar-refractivity contribution < 1.29 is 19.4 Å². The van der Waals surface area contributed by atoms with Gasteiger partial charge in [-0.3, -0.25) is 14.6 Å². The molecule has 1 aromatic heterocycles. The van der Waals surface area contributed by atoms with Crippen LogP contribution in [-0.4, -0.2) is 47.1 Å². The van der Waals surface area contributed by atoms with E-state index in [2.05, 4.69) is 4.98 Å². The molecule has 4 rings (SSSR count). The Kier molecular flexibility index (Phi) is 7.63. The number of aromatic nitrogens is 1. The Bertz CT molecular complexity index is 1020. The molecule has 6 nitrogen and oxygen atoms in total. The van der Waals surface area contributed by atoms with Crippen molar-refractivity contribution in [3.8, 4) is 16.9 Å². The van der Waals surface area contributed by atoms with E-state index in [-0.39, 0.29) is 19.0 Å². The third kappa shape index (κ3) is 5.27. The fourth-order valence-corrected chi connectivity index (χ4v) is 3.75. The normalized spacial score (nSPS) is 13.3. The van der Waals surface area contributed by atoms with Crippen LogP contribution >= 0.6 is 11.6 Å². The molecule has 1 fully saturated rings. The summed E-state index contributed by atoms with van der Waals surface area (Å²) < 4.78 is 5.74. The van der Waals surface area contributed by atoms with Gasteiger partial charge in [-0.15, -0.1) is 0 Å². The lowest BCUT2D eigenvalue weighted by molar-refractivity contribution is -0.134. The zero-order chi connectivity index (χ0) is 21.3. The highest BCUT2D eigenvalue weighted by Crippen LogP contribution is 2.33. The number of hydrogen-bond acceptors (Lipinski definition) is 4. The Morgan fingerprint density at radius 2 is 1.83 bits per heavy atom. The summed E-state index contributed by atoms with van der Waals surface area (Å²) in [5.74, 6) is 0.698. The van der Waals surface area contributed by atoms with E-state index < -0.39 is 0 Å². The van der Waals surface area contributed by atoms with E-state index in [1.807, 2.05) is 53.4 Å². The van der Waals surface area contributed by atoms with Crippen LogP contribution in [0.25, 0.3) is 22.0 Å². The Hall–Kier alpha value is -3.12. The van der Waals surface area contributed by atoms with Crippen molar-refractivity contribution in [2.45, 2.75) is 19.3 Å². The Morgan fingerprint density at radius 3 is 2.57 bits per heavy atom. The van der Waals surface area contributed by atoms with Crippen LogP contribution in [-0.2, 0) is 9.59 Å². The van der Waals surface area contributed by atoms with Gasteiger partial charge in [-0.2, -0.15) is 0 Å². The van der Waals surface area contributed by atoms with Crippen LogP contribution in [0.5, 0.6) is 5.75 Å². The largest absolute Gasteiger partial charge is 0.484 e. The molecule has 7 heteroatoms. The molecular formula is C23H23ClN2O4. The Balaban J connectivity index is 0.000000806. The predicted octanol–water partition coefficient (Wildman–Crippen LogP) is 4.65. The molecule has 0 aliphatic carbocycles. The van der Waals surface area contributed by atoms with Gasteiger partial charge in [-0.25, -0.2) is 0 Å². The van der Waals surface area contributed by atoms with E-state index in [0.29, 0.717) is 10.8 Å². The molecule has 0 spiro atoms. The third-order valence-corrected chi connectivity index (χ3v) is 5.28. The van der Waals surface area contributed by atoms with Crippen LogP contribution < -0.4 is 4.74 Å². The minimum absolute atomic E-state index is 0.0487. The van der Waals surface area contributed by atoms with Crippen molar-refractivity contribution in [2.24, 2.45) is 0 Å². The highest BCUT2D eigenvalue weighted by atomic mass is 35.5. The molecule has 3 aromatic rings. The number of piperidine rings is 1. The maximum Gasteiger partial charge on any atom is 0.290 e. The van der Waals surface area contributed by atoms with Crippen molar-refractivity contribution in [3.63, 3.8) is 0 Å². The predicted molar refractivity (Wildman–Crippen MR) is 117 cm³/mol. The fraction of sp³-hybridized carbons (Fsp3) is 0.261. The van der Waals surface area contributed by atoms with Crippen LogP contribution in [0.2, 0.25) is 5.02 Å². The van der Waals surface area contributed by atoms with Crippen LogP contribution in [0.1, 0.15) is 19.3 Å². The first-order valence-electron chi connectivity index (χ1n) is 9.76. The summed E-state index contributed by atoms with van der Waals surface area (Å²) in [4.78, 5) is 27.0. The first kappa shape index (κ1) is 21.6. The summed E-state index contributed by atoms with van der Waals surface area (Å²) in [5, 5.41) is 8.60. The van der Waals surface area contributed by atoms with Gasteiger partial charge in [-0.1, -0.05) is 29.8 Å². The van der Waals surface area contributed by atoms with Gasteiger partial charge in [-0.05, 0) is 49.1 Å². The lowest BCUT2D eigenvalue weighted by Crippen LogP contribution is -2.38. The number of halogens is 1. The number of fused-ring (bicyclic) bond motifs is 1. The van der Waals surface area contributed by atoms with Crippen molar-refractivity contribution in [3.05, 3.63) is 59.8 Å². The molecule has 0 bridgehead atoms. The molecule has 1 aliphatic heterocycles. The van der Waals surface area contributed by atoms with E-state index in [9.17, 15) is 4.79 Å². The van der Waals surface area contributed by atoms with E-state index in [1.54, 1.807) is 6.20 Å². The van der Waals surface area contributed by atoms with Crippen LogP contribution in [0.15, 0.2) is 54.7 Å². The van der Waals surface area contributed by atoms with Crippen LogP contribution in [0, 0.1) is 0 Å². The summed E-state index contributed by atoms with van der Waals surface area (Å²) in [7, 11) is 0. The number of rotatable bonds is 4. The number of carboxylic acid groups (broad SMARTS) is 1. The van der Waals surface area contributed by atoms with Crippen molar-refractivity contribution in [1.29, 1.82) is 0 Å². The molecule has 1 amide bonds. The van der Waals surface area contributed by atoms with Crippen LogP contribution in [0.3, 0.4) is 0 Å². The molecule has 0 unspecified atom stereocenters. The first-order chi connectivity index (χ1) is 14.6. The van der Waals surface area contributed by atoms with E-state index >= 15 is 0 Å². The second-order valence-corrected chi connectivity index (χ2v) is 7.26. The first-order valence-corrected chi connectivity index (χ1v) is 10.1. The molecule has 2 aromatic carbocycles. The SMILES string of the molecule is O=C(COc1ccc2c(-c3ccccc3Cl)ccnc2c1)N1CCCCC1.O=CO. The summed E-state index contributed by atoms with van der Waals surface area (Å²) in [5.41, 5.74) is 2.82. The number of amides is 1. The maximum absolute atomic E-state index is 12.3. The second kappa shape index (κ2) is 10.6. The smallest absolute Gasteiger partial charge is 0.290 e. The van der Waals surface area contributed by atoms with Gasteiger partial charge in [0.15, 0.2) is 6.61 Å². The number of hydrogen-bond donors (Lipinski definition) is 1. The van der Waals surface area contributed by atoms with Gasteiger partial charge >= 0.3 is 0 Å². The molecule has 30 heavy (non-hydrogen) atoms. The lowest BCUT2D eigenvalue weighted by Gasteiger charge is -2.26. The average molecular weight is 427 g/mol. The van der Waals surface area contributed by atoms with Gasteiger partial charge in [0.05, 0.1) is 5.52 Å². The number of benzene rings is 2. The van der Waals surface area contributed by atoms with E-state index in [0.717, 1.165) is 48.0 Å². The number of carbonyl (C=O) groups is 2. The highest BCUT2D eigenvalue weighted by molar-refractivity contribution is 6.33. The topological polar surface area (TPSA) is 79.7 Å². The third-order valence-electron chi connectivity index (χ3n) is 4.95. The van der Waals surface area contributed by atoms with Crippen molar-refractivity contribution >= 4 is 34.9 Å².